The lowest BCUT2D eigenvalue weighted by Crippen LogP contribution is -2.23. The zero-order valence-corrected chi connectivity index (χ0v) is 20.0. The summed E-state index contributed by atoms with van der Waals surface area (Å²) in [5, 5.41) is 20.3. The van der Waals surface area contributed by atoms with Gasteiger partial charge in [0.15, 0.2) is 22.4 Å². The van der Waals surface area contributed by atoms with Gasteiger partial charge in [0.05, 0.1) is 23.9 Å². The monoisotopic (exact) mass is 494 g/mol. The predicted molar refractivity (Wildman–Crippen MR) is 133 cm³/mol. The normalized spacial score (nSPS) is 13.1. The highest BCUT2D eigenvalue weighted by molar-refractivity contribution is 7.99. The van der Waals surface area contributed by atoms with E-state index in [2.05, 4.69) is 0 Å². The maximum atomic E-state index is 13.9. The van der Waals surface area contributed by atoms with Crippen LogP contribution in [0.5, 0.6) is 17.2 Å². The number of aromatic nitrogens is 2. The van der Waals surface area contributed by atoms with Gasteiger partial charge in [0.2, 0.25) is 0 Å². The van der Waals surface area contributed by atoms with Crippen LogP contribution in [0, 0.1) is 0 Å². The second-order valence-corrected chi connectivity index (χ2v) is 10.0. The Morgan fingerprint density at radius 1 is 1.15 bits per heavy atom. The number of aryl methyl sites for hydroxylation is 2. The second kappa shape index (κ2) is 9.15. The van der Waals surface area contributed by atoms with Crippen LogP contribution in [0.15, 0.2) is 52.4 Å². The summed E-state index contributed by atoms with van der Waals surface area (Å²) in [4.78, 5) is 33.4. The van der Waals surface area contributed by atoms with Crippen LogP contribution in [0.3, 0.4) is 0 Å². The molecule has 9 heteroatoms. The van der Waals surface area contributed by atoms with Crippen molar-refractivity contribution >= 4 is 39.1 Å². The van der Waals surface area contributed by atoms with E-state index in [0.717, 1.165) is 43.0 Å². The molecule has 2 heterocycles. The third kappa shape index (κ3) is 3.95. The van der Waals surface area contributed by atoms with E-state index >= 15 is 0 Å². The molecule has 7 nitrogen and oxygen atoms in total. The summed E-state index contributed by atoms with van der Waals surface area (Å²) in [7, 11) is 1.55. The van der Waals surface area contributed by atoms with E-state index in [1.165, 1.54) is 27.6 Å². The molecule has 1 aliphatic carbocycles. The molecular weight excluding hydrogens is 472 g/mol. The van der Waals surface area contributed by atoms with Crippen molar-refractivity contribution in [2.24, 2.45) is 0 Å². The number of benzene rings is 2. The third-order valence-corrected chi connectivity index (χ3v) is 8.04. The Hall–Kier alpha value is -3.30. The summed E-state index contributed by atoms with van der Waals surface area (Å²) in [6.45, 7) is 0. The molecule has 0 unspecified atom stereocenters. The standard InChI is InChI=1S/C25H22N2O5S2/c1-32-20-8-4-3-7-16(20)27-24(31)22-15-6-2-5-9-21(15)34-23(22)26-25(27)33-13-19(30)14-10-11-17(28)18(29)12-14/h3-4,7-8,10-12,28-29H,2,5-6,9,13H2,1H3. The first-order chi connectivity index (χ1) is 16.5. The number of phenols is 2. The summed E-state index contributed by atoms with van der Waals surface area (Å²) >= 11 is 2.72. The largest absolute Gasteiger partial charge is 0.504 e. The molecular formula is C25H22N2O5S2. The van der Waals surface area contributed by atoms with Crippen LogP contribution in [0.4, 0.5) is 0 Å². The number of rotatable bonds is 6. The van der Waals surface area contributed by atoms with Gasteiger partial charge in [-0.05, 0) is 61.6 Å². The molecule has 2 N–H and O–H groups in total. The van der Waals surface area contributed by atoms with Crippen molar-refractivity contribution in [1.82, 2.24) is 9.55 Å². The average Bonchev–Trinajstić information content (AvgIpc) is 3.23. The fraction of sp³-hybridized carbons (Fsp3) is 0.240. The molecule has 2 aromatic carbocycles. The second-order valence-electron chi connectivity index (χ2n) is 8.01. The van der Waals surface area contributed by atoms with Crippen molar-refractivity contribution in [2.45, 2.75) is 30.8 Å². The number of Topliss-reactive ketones (excluding diaryl/α,β-unsaturated/α-hetero) is 1. The van der Waals surface area contributed by atoms with Crippen molar-refractivity contribution in [3.8, 4) is 22.9 Å². The van der Waals surface area contributed by atoms with Gasteiger partial charge in [-0.15, -0.1) is 11.3 Å². The minimum Gasteiger partial charge on any atom is -0.504 e. The number of thioether (sulfide) groups is 1. The Labute approximate surface area is 203 Å². The maximum Gasteiger partial charge on any atom is 0.267 e. The molecule has 0 aliphatic heterocycles. The van der Waals surface area contributed by atoms with Crippen LogP contribution in [0.2, 0.25) is 0 Å². The van der Waals surface area contributed by atoms with Gasteiger partial charge in [-0.2, -0.15) is 0 Å². The van der Waals surface area contributed by atoms with Gasteiger partial charge in [-0.25, -0.2) is 4.98 Å². The van der Waals surface area contributed by atoms with Crippen molar-refractivity contribution in [3.05, 3.63) is 68.8 Å². The molecule has 0 spiro atoms. The Kier molecular flexibility index (Phi) is 6.05. The average molecular weight is 495 g/mol. The van der Waals surface area contributed by atoms with Crippen molar-refractivity contribution in [2.75, 3.05) is 12.9 Å². The third-order valence-electron chi connectivity index (χ3n) is 5.91. The quantitative estimate of drug-likeness (QED) is 0.173. The smallest absolute Gasteiger partial charge is 0.267 e. The van der Waals surface area contributed by atoms with E-state index in [9.17, 15) is 19.8 Å². The maximum absolute atomic E-state index is 13.9. The van der Waals surface area contributed by atoms with E-state index in [1.54, 1.807) is 30.6 Å². The highest BCUT2D eigenvalue weighted by Crippen LogP contribution is 2.36. The lowest BCUT2D eigenvalue weighted by Gasteiger charge is -2.15. The number of carbonyl (C=O) groups is 1. The number of ether oxygens (including phenoxy) is 1. The number of aromatic hydroxyl groups is 2. The summed E-state index contributed by atoms with van der Waals surface area (Å²) < 4.78 is 7.06. The Balaban J connectivity index is 1.62. The number of thiophene rings is 1. The first-order valence-electron chi connectivity index (χ1n) is 10.9. The zero-order valence-electron chi connectivity index (χ0n) is 18.4. The first-order valence-corrected chi connectivity index (χ1v) is 12.7. The number of methoxy groups -OCH3 is 1. The molecule has 4 aromatic rings. The lowest BCUT2D eigenvalue weighted by molar-refractivity contribution is 0.102. The van der Waals surface area contributed by atoms with Crippen LogP contribution < -0.4 is 10.3 Å². The molecule has 0 atom stereocenters. The van der Waals surface area contributed by atoms with Crippen LogP contribution >= 0.6 is 23.1 Å². The predicted octanol–water partition coefficient (Wildman–Crippen LogP) is 4.72. The molecule has 0 saturated heterocycles. The molecule has 0 bridgehead atoms. The molecule has 174 valence electrons. The van der Waals surface area contributed by atoms with Gasteiger partial charge in [0.25, 0.3) is 5.56 Å². The van der Waals surface area contributed by atoms with E-state index in [4.69, 9.17) is 9.72 Å². The number of para-hydroxylation sites is 2. The SMILES string of the molecule is COc1ccccc1-n1c(SCC(=O)c2ccc(O)c(O)c2)nc2sc3c(c2c1=O)CCCC3. The molecule has 34 heavy (non-hydrogen) atoms. The van der Waals surface area contributed by atoms with Gasteiger partial charge in [0, 0.05) is 10.4 Å². The molecule has 0 saturated carbocycles. The summed E-state index contributed by atoms with van der Waals surface area (Å²) in [5.41, 5.74) is 1.77. The molecule has 0 radical (unpaired) electrons. The molecule has 5 rings (SSSR count). The molecule has 0 fully saturated rings. The summed E-state index contributed by atoms with van der Waals surface area (Å²) in [5.74, 6) is -0.366. The number of ketones is 1. The number of nitrogens with zero attached hydrogens (tertiary/aromatic N) is 2. The Morgan fingerprint density at radius 2 is 1.94 bits per heavy atom. The van der Waals surface area contributed by atoms with Crippen LogP contribution in [0.25, 0.3) is 15.9 Å². The van der Waals surface area contributed by atoms with Gasteiger partial charge in [-0.1, -0.05) is 23.9 Å². The summed E-state index contributed by atoms with van der Waals surface area (Å²) in [6.07, 6.45) is 3.98. The van der Waals surface area contributed by atoms with Gasteiger partial charge in [0.1, 0.15) is 10.6 Å². The first kappa shape index (κ1) is 22.5. The van der Waals surface area contributed by atoms with Gasteiger partial charge >= 0.3 is 0 Å². The highest BCUT2D eigenvalue weighted by Gasteiger charge is 2.24. The molecule has 0 amide bonds. The number of hydrogen-bond acceptors (Lipinski definition) is 8. The van der Waals surface area contributed by atoms with E-state index in [-0.39, 0.29) is 34.2 Å². The van der Waals surface area contributed by atoms with Crippen LogP contribution in [-0.2, 0) is 12.8 Å². The number of carbonyl (C=O) groups excluding carboxylic acids is 1. The number of hydrogen-bond donors (Lipinski definition) is 2. The van der Waals surface area contributed by atoms with E-state index in [1.807, 2.05) is 12.1 Å². The van der Waals surface area contributed by atoms with Crippen LogP contribution in [0.1, 0.15) is 33.6 Å². The lowest BCUT2D eigenvalue weighted by atomic mass is 9.97. The number of phenolic OH excluding ortho intramolecular Hbond substituents is 2. The van der Waals surface area contributed by atoms with Crippen molar-refractivity contribution in [3.63, 3.8) is 0 Å². The van der Waals surface area contributed by atoms with E-state index < -0.39 is 0 Å². The topological polar surface area (TPSA) is 102 Å². The van der Waals surface area contributed by atoms with Crippen molar-refractivity contribution < 1.29 is 19.7 Å². The zero-order chi connectivity index (χ0) is 23.8. The number of fused-ring (bicyclic) bond motifs is 3. The fourth-order valence-corrected chi connectivity index (χ4v) is 6.42. The Morgan fingerprint density at radius 3 is 2.74 bits per heavy atom. The molecule has 1 aliphatic rings. The van der Waals surface area contributed by atoms with E-state index in [0.29, 0.717) is 26.8 Å². The van der Waals surface area contributed by atoms with Crippen LogP contribution in [-0.4, -0.2) is 38.4 Å². The van der Waals surface area contributed by atoms with Gasteiger partial charge in [-0.3, -0.25) is 14.2 Å². The molecule has 2 aromatic heterocycles. The highest BCUT2D eigenvalue weighted by atomic mass is 32.2. The summed E-state index contributed by atoms with van der Waals surface area (Å²) in [6, 6.07) is 11.2. The minimum atomic E-state index is -0.356. The fourth-order valence-electron chi connectivity index (χ4n) is 4.22. The minimum absolute atomic E-state index is 0.00238. The van der Waals surface area contributed by atoms with Crippen molar-refractivity contribution in [1.29, 1.82) is 0 Å². The van der Waals surface area contributed by atoms with Gasteiger partial charge < -0.3 is 14.9 Å². The Bertz CT molecular complexity index is 1470.